The van der Waals surface area contributed by atoms with Crippen LogP contribution in [0.5, 0.6) is 5.75 Å². The summed E-state index contributed by atoms with van der Waals surface area (Å²) in [4.78, 5) is 0. The van der Waals surface area contributed by atoms with E-state index in [0.717, 1.165) is 16.9 Å². The van der Waals surface area contributed by atoms with Crippen molar-refractivity contribution in [3.8, 4) is 5.75 Å². The van der Waals surface area contributed by atoms with E-state index in [-0.39, 0.29) is 5.92 Å². The Balaban J connectivity index is 3.30. The maximum Gasteiger partial charge on any atom is 0.488 e. The molecule has 0 saturated carbocycles. The van der Waals surface area contributed by atoms with Crippen molar-refractivity contribution in [1.82, 2.24) is 0 Å². The monoisotopic (exact) mass is 208 g/mol. The van der Waals surface area contributed by atoms with Crippen molar-refractivity contribution in [3.05, 3.63) is 23.3 Å². The van der Waals surface area contributed by atoms with Crippen molar-refractivity contribution in [3.63, 3.8) is 0 Å². The molecule has 0 bridgehead atoms. The van der Waals surface area contributed by atoms with Gasteiger partial charge < -0.3 is 14.8 Å². The van der Waals surface area contributed by atoms with Crippen LogP contribution in [-0.2, 0) is 0 Å². The number of ether oxygens (including phenoxy) is 1. The van der Waals surface area contributed by atoms with E-state index >= 15 is 0 Å². The Kier molecular flexibility index (Phi) is 3.77. The highest BCUT2D eigenvalue weighted by Gasteiger charge is 2.18. The van der Waals surface area contributed by atoms with E-state index in [1.165, 1.54) is 0 Å². The molecule has 0 heterocycles. The number of methoxy groups -OCH3 is 1. The van der Waals surface area contributed by atoms with Crippen molar-refractivity contribution >= 4 is 12.6 Å². The van der Waals surface area contributed by atoms with Crippen LogP contribution in [-0.4, -0.2) is 24.3 Å². The lowest BCUT2D eigenvalue weighted by atomic mass is 9.75. The van der Waals surface area contributed by atoms with E-state index in [4.69, 9.17) is 4.74 Å². The highest BCUT2D eigenvalue weighted by Crippen LogP contribution is 2.26. The van der Waals surface area contributed by atoms with Crippen molar-refractivity contribution < 1.29 is 14.8 Å². The summed E-state index contributed by atoms with van der Waals surface area (Å²) in [7, 11) is 0.198. The van der Waals surface area contributed by atoms with Gasteiger partial charge in [-0.3, -0.25) is 0 Å². The van der Waals surface area contributed by atoms with Gasteiger partial charge in [0, 0.05) is 0 Å². The summed E-state index contributed by atoms with van der Waals surface area (Å²) in [5, 5.41) is 18.4. The lowest BCUT2D eigenvalue weighted by Gasteiger charge is -2.15. The fourth-order valence-corrected chi connectivity index (χ4v) is 1.62. The Morgan fingerprint density at radius 3 is 2.27 bits per heavy atom. The van der Waals surface area contributed by atoms with Gasteiger partial charge >= 0.3 is 7.12 Å². The van der Waals surface area contributed by atoms with Crippen LogP contribution in [0, 0.1) is 6.92 Å². The third-order valence-corrected chi connectivity index (χ3v) is 2.52. The van der Waals surface area contributed by atoms with E-state index in [1.54, 1.807) is 13.2 Å². The van der Waals surface area contributed by atoms with Gasteiger partial charge in [0.2, 0.25) is 0 Å². The van der Waals surface area contributed by atoms with Gasteiger partial charge in [-0.2, -0.15) is 0 Å². The van der Waals surface area contributed by atoms with Crippen LogP contribution in [0.3, 0.4) is 0 Å². The van der Waals surface area contributed by atoms with Gasteiger partial charge in [-0.15, -0.1) is 0 Å². The fraction of sp³-hybridized carbons (Fsp3) is 0.455. The quantitative estimate of drug-likeness (QED) is 0.722. The molecule has 0 aliphatic carbocycles. The van der Waals surface area contributed by atoms with Gasteiger partial charge in [-0.1, -0.05) is 19.9 Å². The summed E-state index contributed by atoms with van der Waals surface area (Å²) in [6.45, 7) is 5.92. The highest BCUT2D eigenvalue weighted by atomic mass is 16.5. The second-order valence-corrected chi connectivity index (χ2v) is 3.98. The lowest BCUT2D eigenvalue weighted by Crippen LogP contribution is -2.32. The zero-order valence-corrected chi connectivity index (χ0v) is 9.61. The highest BCUT2D eigenvalue weighted by molar-refractivity contribution is 6.59. The van der Waals surface area contributed by atoms with E-state index in [2.05, 4.69) is 0 Å². The Labute approximate surface area is 90.9 Å². The average molecular weight is 208 g/mol. The van der Waals surface area contributed by atoms with Crippen LogP contribution in [0.2, 0.25) is 0 Å². The topological polar surface area (TPSA) is 49.7 Å². The summed E-state index contributed by atoms with van der Waals surface area (Å²) >= 11 is 0. The predicted molar refractivity (Wildman–Crippen MR) is 61.6 cm³/mol. The van der Waals surface area contributed by atoms with Crippen LogP contribution in [0.25, 0.3) is 0 Å². The van der Waals surface area contributed by atoms with E-state index in [0.29, 0.717) is 5.46 Å². The lowest BCUT2D eigenvalue weighted by molar-refractivity contribution is 0.406. The molecule has 0 aliphatic rings. The molecule has 82 valence electrons. The molecule has 2 N–H and O–H groups in total. The minimum Gasteiger partial charge on any atom is -0.496 e. The smallest absolute Gasteiger partial charge is 0.488 e. The number of aryl methyl sites for hydroxylation is 1. The van der Waals surface area contributed by atoms with Crippen molar-refractivity contribution in [2.45, 2.75) is 26.7 Å². The summed E-state index contributed by atoms with van der Waals surface area (Å²) in [6, 6.07) is 3.63. The first kappa shape index (κ1) is 12.1. The van der Waals surface area contributed by atoms with Gasteiger partial charge in [-0.25, -0.2) is 0 Å². The van der Waals surface area contributed by atoms with Gasteiger partial charge in [0.1, 0.15) is 5.75 Å². The molecule has 1 aromatic rings. The molecule has 0 spiro atoms. The van der Waals surface area contributed by atoms with Gasteiger partial charge in [0.15, 0.2) is 0 Å². The molecule has 3 nitrogen and oxygen atoms in total. The zero-order chi connectivity index (χ0) is 11.6. The minimum absolute atomic E-state index is 0.290. The molecule has 0 aromatic heterocycles. The van der Waals surface area contributed by atoms with E-state index < -0.39 is 7.12 Å². The maximum absolute atomic E-state index is 9.19. The number of hydrogen-bond donors (Lipinski definition) is 2. The standard InChI is InChI=1S/C11H17BO3/c1-7(2)9-6-10(12(13)14)8(3)5-11(9)15-4/h5-7,13-14H,1-4H3. The van der Waals surface area contributed by atoms with Crippen LogP contribution < -0.4 is 10.2 Å². The van der Waals surface area contributed by atoms with Crippen molar-refractivity contribution in [2.75, 3.05) is 7.11 Å². The maximum atomic E-state index is 9.19. The number of benzene rings is 1. The third kappa shape index (κ3) is 2.52. The molecule has 0 radical (unpaired) electrons. The van der Waals surface area contributed by atoms with Gasteiger partial charge in [0.05, 0.1) is 7.11 Å². The molecule has 1 aromatic carbocycles. The molecule has 1 rings (SSSR count). The molecule has 15 heavy (non-hydrogen) atoms. The summed E-state index contributed by atoms with van der Waals surface area (Å²) in [6.07, 6.45) is 0. The SMILES string of the molecule is COc1cc(C)c(B(O)O)cc1C(C)C. The first-order valence-corrected chi connectivity index (χ1v) is 5.02. The summed E-state index contributed by atoms with van der Waals surface area (Å²) in [5.74, 6) is 1.09. The average Bonchev–Trinajstić information content (AvgIpc) is 2.16. The zero-order valence-electron chi connectivity index (χ0n) is 9.61. The van der Waals surface area contributed by atoms with Gasteiger partial charge in [-0.05, 0) is 35.5 Å². The molecule has 0 atom stereocenters. The molecular formula is C11H17BO3. The van der Waals surface area contributed by atoms with Crippen LogP contribution in [0.15, 0.2) is 12.1 Å². The molecular weight excluding hydrogens is 191 g/mol. The van der Waals surface area contributed by atoms with Crippen molar-refractivity contribution in [1.29, 1.82) is 0 Å². The first-order valence-electron chi connectivity index (χ1n) is 5.02. The molecule has 4 heteroatoms. The molecule has 0 fully saturated rings. The summed E-state index contributed by atoms with van der Waals surface area (Å²) < 4.78 is 5.26. The Hall–Kier alpha value is -0.995. The van der Waals surface area contributed by atoms with E-state index in [1.807, 2.05) is 26.8 Å². The predicted octanol–water partition coefficient (Wildman–Crippen LogP) is 0.807. The second-order valence-electron chi connectivity index (χ2n) is 3.98. The van der Waals surface area contributed by atoms with Crippen LogP contribution in [0.4, 0.5) is 0 Å². The normalized spacial score (nSPS) is 10.6. The summed E-state index contributed by atoms with van der Waals surface area (Å²) in [5.41, 5.74) is 2.36. The molecule has 0 amide bonds. The number of hydrogen-bond acceptors (Lipinski definition) is 3. The Morgan fingerprint density at radius 1 is 1.27 bits per heavy atom. The molecule has 0 aliphatic heterocycles. The van der Waals surface area contributed by atoms with E-state index in [9.17, 15) is 10.0 Å². The molecule has 0 saturated heterocycles. The van der Waals surface area contributed by atoms with Crippen molar-refractivity contribution in [2.24, 2.45) is 0 Å². The first-order chi connectivity index (χ1) is 6.97. The number of rotatable bonds is 3. The fourth-order valence-electron chi connectivity index (χ4n) is 1.62. The van der Waals surface area contributed by atoms with Gasteiger partial charge in [0.25, 0.3) is 0 Å². The largest absolute Gasteiger partial charge is 0.496 e. The second kappa shape index (κ2) is 4.68. The molecule has 0 unspecified atom stereocenters. The third-order valence-electron chi connectivity index (χ3n) is 2.52. The Morgan fingerprint density at radius 2 is 1.87 bits per heavy atom. The minimum atomic E-state index is -1.42. The van der Waals surface area contributed by atoms with Crippen LogP contribution in [0.1, 0.15) is 30.9 Å². The Bertz CT molecular complexity index is 348. The van der Waals surface area contributed by atoms with Crippen LogP contribution >= 0.6 is 0 Å².